The molecule has 29 heavy (non-hydrogen) atoms. The number of nitrogens with one attached hydrogen (secondary N) is 1. The molecule has 0 radical (unpaired) electrons. The SMILES string of the molecule is Cc1c(-c2cn(Cc3ccc(OC(F)(F)F)cc3)nn2)[nH]c2ccccc2c1=O. The lowest BCUT2D eigenvalue weighted by Gasteiger charge is -2.09. The Morgan fingerprint density at radius 3 is 2.55 bits per heavy atom. The van der Waals surface area contributed by atoms with E-state index in [1.54, 1.807) is 29.9 Å². The molecule has 0 spiro atoms. The molecule has 0 aliphatic heterocycles. The van der Waals surface area contributed by atoms with Gasteiger partial charge in [-0.1, -0.05) is 29.5 Å². The Morgan fingerprint density at radius 2 is 1.83 bits per heavy atom. The van der Waals surface area contributed by atoms with Crippen molar-refractivity contribution in [3.05, 3.63) is 76.1 Å². The zero-order chi connectivity index (χ0) is 20.6. The van der Waals surface area contributed by atoms with Crippen LogP contribution in [0.15, 0.2) is 59.5 Å². The lowest BCUT2D eigenvalue weighted by Crippen LogP contribution is -2.17. The summed E-state index contributed by atoms with van der Waals surface area (Å²) in [5.74, 6) is -0.287. The number of rotatable bonds is 4. The minimum Gasteiger partial charge on any atom is -0.406 e. The molecule has 9 heteroatoms. The Hall–Kier alpha value is -3.62. The van der Waals surface area contributed by atoms with E-state index in [0.717, 1.165) is 5.56 Å². The van der Waals surface area contributed by atoms with Gasteiger partial charge in [0, 0.05) is 16.5 Å². The van der Waals surface area contributed by atoms with Gasteiger partial charge in [-0.05, 0) is 36.8 Å². The van der Waals surface area contributed by atoms with Gasteiger partial charge in [0.05, 0.1) is 18.4 Å². The molecule has 148 valence electrons. The number of nitrogens with zero attached hydrogens (tertiary/aromatic N) is 3. The average Bonchev–Trinajstić information content (AvgIpc) is 3.13. The van der Waals surface area contributed by atoms with Crippen molar-refractivity contribution in [1.82, 2.24) is 20.0 Å². The number of hydrogen-bond acceptors (Lipinski definition) is 4. The maximum absolute atomic E-state index is 12.6. The van der Waals surface area contributed by atoms with Crippen LogP contribution in [0, 0.1) is 6.92 Å². The van der Waals surface area contributed by atoms with Crippen LogP contribution in [0.25, 0.3) is 22.3 Å². The Labute approximate surface area is 162 Å². The van der Waals surface area contributed by atoms with Crippen molar-refractivity contribution in [3.8, 4) is 17.1 Å². The Balaban J connectivity index is 1.59. The quantitative estimate of drug-likeness (QED) is 0.561. The largest absolute Gasteiger partial charge is 0.573 e. The maximum Gasteiger partial charge on any atom is 0.573 e. The van der Waals surface area contributed by atoms with E-state index < -0.39 is 6.36 Å². The van der Waals surface area contributed by atoms with Crippen LogP contribution >= 0.6 is 0 Å². The summed E-state index contributed by atoms with van der Waals surface area (Å²) >= 11 is 0. The second-order valence-corrected chi connectivity index (χ2v) is 6.49. The molecule has 6 nitrogen and oxygen atoms in total. The topological polar surface area (TPSA) is 72.8 Å². The number of pyridine rings is 1. The first-order valence-electron chi connectivity index (χ1n) is 8.67. The summed E-state index contributed by atoms with van der Waals surface area (Å²) in [6.07, 6.45) is -3.05. The zero-order valence-corrected chi connectivity index (χ0v) is 15.2. The van der Waals surface area contributed by atoms with Gasteiger partial charge in [-0.2, -0.15) is 0 Å². The number of hydrogen-bond donors (Lipinski definition) is 1. The summed E-state index contributed by atoms with van der Waals surface area (Å²) in [5, 5.41) is 8.78. The second-order valence-electron chi connectivity index (χ2n) is 6.49. The van der Waals surface area contributed by atoms with Gasteiger partial charge >= 0.3 is 6.36 Å². The van der Waals surface area contributed by atoms with Crippen LogP contribution < -0.4 is 10.2 Å². The van der Waals surface area contributed by atoms with Crippen molar-refractivity contribution < 1.29 is 17.9 Å². The minimum atomic E-state index is -4.73. The van der Waals surface area contributed by atoms with Crippen molar-refractivity contribution in [2.75, 3.05) is 0 Å². The number of ether oxygens (including phenoxy) is 1. The molecule has 2 aromatic heterocycles. The highest BCUT2D eigenvalue weighted by molar-refractivity contribution is 5.82. The van der Waals surface area contributed by atoms with Gasteiger partial charge in [-0.25, -0.2) is 4.68 Å². The first-order chi connectivity index (χ1) is 13.8. The lowest BCUT2D eigenvalue weighted by molar-refractivity contribution is -0.274. The molecule has 1 N–H and O–H groups in total. The molecule has 0 unspecified atom stereocenters. The Morgan fingerprint density at radius 1 is 1.10 bits per heavy atom. The van der Waals surface area contributed by atoms with Crippen LogP contribution in [0.3, 0.4) is 0 Å². The highest BCUT2D eigenvalue weighted by Crippen LogP contribution is 2.23. The number of para-hydroxylation sites is 1. The van der Waals surface area contributed by atoms with Gasteiger partial charge in [0.15, 0.2) is 5.43 Å². The monoisotopic (exact) mass is 400 g/mol. The van der Waals surface area contributed by atoms with E-state index in [-0.39, 0.29) is 11.2 Å². The fourth-order valence-corrected chi connectivity index (χ4v) is 3.06. The summed E-state index contributed by atoms with van der Waals surface area (Å²) in [5.41, 5.74) is 2.96. The first kappa shape index (κ1) is 18.7. The highest BCUT2D eigenvalue weighted by atomic mass is 19.4. The average molecular weight is 400 g/mol. The molecule has 0 aliphatic rings. The summed E-state index contributed by atoms with van der Waals surface area (Å²) in [7, 11) is 0. The van der Waals surface area contributed by atoms with E-state index in [0.29, 0.717) is 34.4 Å². The Bertz CT molecular complexity index is 1230. The normalized spacial score (nSPS) is 11.7. The van der Waals surface area contributed by atoms with Crippen LogP contribution in [0.2, 0.25) is 0 Å². The van der Waals surface area contributed by atoms with Gasteiger partial charge in [-0.15, -0.1) is 18.3 Å². The molecule has 4 rings (SSSR count). The van der Waals surface area contributed by atoms with Gasteiger partial charge in [0.2, 0.25) is 0 Å². The molecular formula is C20H15F3N4O2. The molecule has 2 heterocycles. The van der Waals surface area contributed by atoms with Crippen molar-refractivity contribution in [1.29, 1.82) is 0 Å². The fraction of sp³-hybridized carbons (Fsp3) is 0.150. The van der Waals surface area contributed by atoms with E-state index >= 15 is 0 Å². The number of aromatic amines is 1. The van der Waals surface area contributed by atoms with Crippen LogP contribution in [-0.4, -0.2) is 26.3 Å². The van der Waals surface area contributed by atoms with Crippen LogP contribution in [0.1, 0.15) is 11.1 Å². The van der Waals surface area contributed by atoms with Crippen LogP contribution in [-0.2, 0) is 6.54 Å². The molecule has 0 aliphatic carbocycles. The second kappa shape index (κ2) is 7.08. The van der Waals surface area contributed by atoms with E-state index in [9.17, 15) is 18.0 Å². The lowest BCUT2D eigenvalue weighted by atomic mass is 10.1. The molecule has 0 fully saturated rings. The smallest absolute Gasteiger partial charge is 0.406 e. The third-order valence-corrected chi connectivity index (χ3v) is 4.44. The molecular weight excluding hydrogens is 385 g/mol. The summed E-state index contributed by atoms with van der Waals surface area (Å²) in [6.45, 7) is 2.02. The third-order valence-electron chi connectivity index (χ3n) is 4.44. The fourth-order valence-electron chi connectivity index (χ4n) is 3.06. The van der Waals surface area contributed by atoms with Gasteiger partial charge < -0.3 is 9.72 Å². The standard InChI is InChI=1S/C20H15F3N4O2/c1-12-18(24-16-5-3-2-4-15(16)19(12)28)17-11-27(26-25-17)10-13-6-8-14(9-7-13)29-20(21,22)23/h2-9,11H,10H2,1H3,(H,24,28). The van der Waals surface area contributed by atoms with Crippen LogP contribution in [0.5, 0.6) is 5.75 Å². The number of fused-ring (bicyclic) bond motifs is 1. The number of aromatic nitrogens is 4. The molecule has 0 saturated heterocycles. The zero-order valence-electron chi connectivity index (χ0n) is 15.2. The van der Waals surface area contributed by atoms with E-state index in [1.165, 1.54) is 24.3 Å². The molecule has 4 aromatic rings. The highest BCUT2D eigenvalue weighted by Gasteiger charge is 2.30. The molecule has 0 atom stereocenters. The van der Waals surface area contributed by atoms with Gasteiger partial charge in [0.25, 0.3) is 0 Å². The van der Waals surface area contributed by atoms with Crippen molar-refractivity contribution in [2.24, 2.45) is 0 Å². The summed E-state index contributed by atoms with van der Waals surface area (Å²) < 4.78 is 42.1. The first-order valence-corrected chi connectivity index (χ1v) is 8.67. The maximum atomic E-state index is 12.6. The predicted molar refractivity (Wildman–Crippen MR) is 101 cm³/mol. The molecule has 0 saturated carbocycles. The molecule has 0 bridgehead atoms. The van der Waals surface area contributed by atoms with E-state index in [4.69, 9.17) is 0 Å². The summed E-state index contributed by atoms with van der Waals surface area (Å²) in [4.78, 5) is 15.8. The van der Waals surface area contributed by atoms with Crippen molar-refractivity contribution in [2.45, 2.75) is 19.8 Å². The number of benzene rings is 2. The Kier molecular flexibility index (Phi) is 4.57. The predicted octanol–water partition coefficient (Wildman–Crippen LogP) is 4.04. The number of alkyl halides is 3. The van der Waals surface area contributed by atoms with E-state index in [2.05, 4.69) is 20.0 Å². The number of halogens is 3. The van der Waals surface area contributed by atoms with Gasteiger partial charge in [-0.3, -0.25) is 4.79 Å². The van der Waals surface area contributed by atoms with Crippen molar-refractivity contribution >= 4 is 10.9 Å². The van der Waals surface area contributed by atoms with E-state index in [1.807, 2.05) is 12.1 Å². The third kappa shape index (κ3) is 3.98. The van der Waals surface area contributed by atoms with Gasteiger partial charge in [0.1, 0.15) is 11.4 Å². The van der Waals surface area contributed by atoms with Crippen molar-refractivity contribution in [3.63, 3.8) is 0 Å². The van der Waals surface area contributed by atoms with Crippen LogP contribution in [0.4, 0.5) is 13.2 Å². The number of H-pyrrole nitrogens is 1. The minimum absolute atomic E-state index is 0.0795. The molecule has 0 amide bonds. The molecule has 2 aromatic carbocycles. The summed E-state index contributed by atoms with van der Waals surface area (Å²) in [6, 6.07) is 12.7.